The van der Waals surface area contributed by atoms with Gasteiger partial charge < -0.3 is 9.64 Å². The number of sulfone groups is 1. The molecular weight excluding hydrogens is 378 g/mol. The van der Waals surface area contributed by atoms with Gasteiger partial charge in [0.1, 0.15) is 5.75 Å². The maximum Gasteiger partial charge on any atom is 0.237 e. The molecule has 1 aromatic carbocycles. The van der Waals surface area contributed by atoms with Crippen LogP contribution in [0.2, 0.25) is 0 Å². The second-order valence-corrected chi connectivity index (χ2v) is 9.87. The third-order valence-corrected chi connectivity index (χ3v) is 7.42. The molecule has 0 bridgehead atoms. The standard InChI is InChI=1S/C20H31N3O4S/c1-3-23(18-7-12-28(25,26)16-18)20(24)15-22-10-8-21(9-11-22)14-17-5-4-6-19(13-17)27-2/h4-6,13,18H,3,7-12,14-16H2,1-2H3. The van der Waals surface area contributed by atoms with E-state index in [1.54, 1.807) is 12.0 Å². The molecule has 2 aliphatic rings. The van der Waals surface area contributed by atoms with E-state index in [2.05, 4.69) is 21.9 Å². The Kier molecular flexibility index (Phi) is 6.95. The fourth-order valence-electron chi connectivity index (χ4n) is 4.08. The van der Waals surface area contributed by atoms with Gasteiger partial charge in [-0.2, -0.15) is 0 Å². The fourth-order valence-corrected chi connectivity index (χ4v) is 5.81. The number of carbonyl (C=O) groups is 1. The average molecular weight is 410 g/mol. The Balaban J connectivity index is 1.47. The second-order valence-electron chi connectivity index (χ2n) is 7.64. The summed E-state index contributed by atoms with van der Waals surface area (Å²) in [6, 6.07) is 7.96. The molecule has 1 amide bonds. The molecule has 0 N–H and O–H groups in total. The first-order valence-electron chi connectivity index (χ1n) is 9.97. The summed E-state index contributed by atoms with van der Waals surface area (Å²) in [5, 5.41) is 0. The van der Waals surface area contributed by atoms with E-state index >= 15 is 0 Å². The predicted molar refractivity (Wildman–Crippen MR) is 109 cm³/mol. The molecule has 2 fully saturated rings. The second kappa shape index (κ2) is 9.24. The van der Waals surface area contributed by atoms with Gasteiger partial charge in [0, 0.05) is 45.3 Å². The van der Waals surface area contributed by atoms with E-state index in [1.165, 1.54) is 5.56 Å². The molecule has 0 spiro atoms. The van der Waals surface area contributed by atoms with Gasteiger partial charge in [-0.05, 0) is 31.0 Å². The number of hydrogen-bond donors (Lipinski definition) is 0. The Bertz CT molecular complexity index is 775. The fraction of sp³-hybridized carbons (Fsp3) is 0.650. The van der Waals surface area contributed by atoms with E-state index in [9.17, 15) is 13.2 Å². The van der Waals surface area contributed by atoms with Crippen LogP contribution in [0.5, 0.6) is 5.75 Å². The van der Waals surface area contributed by atoms with E-state index in [0.29, 0.717) is 19.5 Å². The van der Waals surface area contributed by atoms with Gasteiger partial charge >= 0.3 is 0 Å². The largest absolute Gasteiger partial charge is 0.497 e. The summed E-state index contributed by atoms with van der Waals surface area (Å²) >= 11 is 0. The van der Waals surface area contributed by atoms with Gasteiger partial charge in [-0.3, -0.25) is 14.6 Å². The third-order valence-electron chi connectivity index (χ3n) is 5.67. The highest BCUT2D eigenvalue weighted by Crippen LogP contribution is 2.19. The van der Waals surface area contributed by atoms with Gasteiger partial charge in [0.25, 0.3) is 0 Å². The lowest BCUT2D eigenvalue weighted by atomic mass is 10.2. The summed E-state index contributed by atoms with van der Waals surface area (Å²) in [6.45, 7) is 7.25. The maximum absolute atomic E-state index is 12.7. The summed E-state index contributed by atoms with van der Waals surface area (Å²) in [4.78, 5) is 19.1. The van der Waals surface area contributed by atoms with Gasteiger partial charge in [0.2, 0.25) is 5.91 Å². The summed E-state index contributed by atoms with van der Waals surface area (Å²) in [7, 11) is -1.31. The molecule has 0 saturated carbocycles. The summed E-state index contributed by atoms with van der Waals surface area (Å²) in [5.74, 6) is 1.23. The van der Waals surface area contributed by atoms with Crippen LogP contribution in [0.4, 0.5) is 0 Å². The Morgan fingerprint density at radius 2 is 1.93 bits per heavy atom. The van der Waals surface area contributed by atoms with Crippen molar-refractivity contribution in [2.75, 3.05) is 57.9 Å². The van der Waals surface area contributed by atoms with Crippen LogP contribution in [0, 0.1) is 0 Å². The van der Waals surface area contributed by atoms with Crippen molar-refractivity contribution >= 4 is 15.7 Å². The SMILES string of the molecule is CCN(C(=O)CN1CCN(Cc2cccc(OC)c2)CC1)C1CCS(=O)(=O)C1. The molecule has 7 nitrogen and oxygen atoms in total. The molecule has 2 heterocycles. The highest BCUT2D eigenvalue weighted by molar-refractivity contribution is 7.91. The Morgan fingerprint density at radius 3 is 2.54 bits per heavy atom. The smallest absolute Gasteiger partial charge is 0.237 e. The molecular formula is C20H31N3O4S. The molecule has 28 heavy (non-hydrogen) atoms. The number of ether oxygens (including phenoxy) is 1. The molecule has 1 aromatic rings. The Hall–Kier alpha value is -1.64. The van der Waals surface area contributed by atoms with Crippen LogP contribution in [0.15, 0.2) is 24.3 Å². The molecule has 2 aliphatic heterocycles. The number of piperazine rings is 1. The van der Waals surface area contributed by atoms with E-state index in [1.807, 2.05) is 19.1 Å². The van der Waals surface area contributed by atoms with Gasteiger partial charge in [-0.1, -0.05) is 12.1 Å². The number of amides is 1. The number of carbonyl (C=O) groups excluding carboxylic acids is 1. The number of likely N-dealkylation sites (N-methyl/N-ethyl adjacent to an activating group) is 1. The zero-order valence-corrected chi connectivity index (χ0v) is 17.7. The van der Waals surface area contributed by atoms with Gasteiger partial charge in [0.15, 0.2) is 9.84 Å². The van der Waals surface area contributed by atoms with Crippen LogP contribution in [0.1, 0.15) is 18.9 Å². The van der Waals surface area contributed by atoms with Crippen molar-refractivity contribution in [3.63, 3.8) is 0 Å². The number of nitrogens with zero attached hydrogens (tertiary/aromatic N) is 3. The maximum atomic E-state index is 12.7. The summed E-state index contributed by atoms with van der Waals surface area (Å²) in [5.41, 5.74) is 1.23. The minimum atomic E-state index is -2.98. The van der Waals surface area contributed by atoms with Crippen molar-refractivity contribution in [1.82, 2.24) is 14.7 Å². The zero-order chi connectivity index (χ0) is 20.1. The van der Waals surface area contributed by atoms with Crippen LogP contribution in [0.3, 0.4) is 0 Å². The first-order valence-corrected chi connectivity index (χ1v) is 11.8. The topological polar surface area (TPSA) is 70.2 Å². The minimum absolute atomic E-state index is 0.0471. The van der Waals surface area contributed by atoms with Crippen molar-refractivity contribution in [3.8, 4) is 5.75 Å². The average Bonchev–Trinajstić information content (AvgIpc) is 3.03. The molecule has 156 valence electrons. The van der Waals surface area contributed by atoms with Crippen LogP contribution in [-0.4, -0.2) is 93.0 Å². The quantitative estimate of drug-likeness (QED) is 0.665. The molecule has 1 atom stereocenters. The van der Waals surface area contributed by atoms with E-state index in [0.717, 1.165) is 38.5 Å². The number of methoxy groups -OCH3 is 1. The zero-order valence-electron chi connectivity index (χ0n) is 16.8. The molecule has 0 aliphatic carbocycles. The Morgan fingerprint density at radius 1 is 1.21 bits per heavy atom. The lowest BCUT2D eigenvalue weighted by Crippen LogP contribution is -2.51. The molecule has 0 aromatic heterocycles. The third kappa shape index (κ3) is 5.46. The molecule has 8 heteroatoms. The van der Waals surface area contributed by atoms with Crippen LogP contribution in [0.25, 0.3) is 0 Å². The highest BCUT2D eigenvalue weighted by Gasteiger charge is 2.34. The number of hydrogen-bond acceptors (Lipinski definition) is 6. The normalized spacial score (nSPS) is 22.9. The minimum Gasteiger partial charge on any atom is -0.497 e. The highest BCUT2D eigenvalue weighted by atomic mass is 32.2. The Labute approximate surface area is 168 Å². The number of benzene rings is 1. The molecule has 1 unspecified atom stereocenters. The lowest BCUT2D eigenvalue weighted by molar-refractivity contribution is -0.134. The van der Waals surface area contributed by atoms with Crippen molar-refractivity contribution < 1.29 is 17.9 Å². The van der Waals surface area contributed by atoms with Crippen molar-refractivity contribution in [2.24, 2.45) is 0 Å². The monoisotopic (exact) mass is 409 g/mol. The number of rotatable bonds is 7. The van der Waals surface area contributed by atoms with E-state index in [-0.39, 0.29) is 23.5 Å². The van der Waals surface area contributed by atoms with Crippen LogP contribution >= 0.6 is 0 Å². The molecule has 2 saturated heterocycles. The summed E-state index contributed by atoms with van der Waals surface area (Å²) in [6.07, 6.45) is 0.566. The van der Waals surface area contributed by atoms with Crippen LogP contribution in [-0.2, 0) is 21.2 Å². The van der Waals surface area contributed by atoms with E-state index < -0.39 is 9.84 Å². The predicted octanol–water partition coefficient (Wildman–Crippen LogP) is 0.848. The molecule has 3 rings (SSSR count). The summed E-state index contributed by atoms with van der Waals surface area (Å²) < 4.78 is 28.8. The van der Waals surface area contributed by atoms with Gasteiger partial charge in [-0.15, -0.1) is 0 Å². The van der Waals surface area contributed by atoms with Crippen molar-refractivity contribution in [2.45, 2.75) is 25.9 Å². The van der Waals surface area contributed by atoms with E-state index in [4.69, 9.17) is 4.74 Å². The molecule has 0 radical (unpaired) electrons. The van der Waals surface area contributed by atoms with Crippen molar-refractivity contribution in [3.05, 3.63) is 29.8 Å². The first kappa shape index (κ1) is 21.1. The van der Waals surface area contributed by atoms with Crippen molar-refractivity contribution in [1.29, 1.82) is 0 Å². The van der Waals surface area contributed by atoms with Gasteiger partial charge in [-0.25, -0.2) is 8.42 Å². The van der Waals surface area contributed by atoms with Gasteiger partial charge in [0.05, 0.1) is 25.2 Å². The van der Waals surface area contributed by atoms with Crippen LogP contribution < -0.4 is 4.74 Å². The first-order chi connectivity index (χ1) is 13.4. The lowest BCUT2D eigenvalue weighted by Gasteiger charge is -2.36.